The van der Waals surface area contributed by atoms with Crippen LogP contribution in [0.3, 0.4) is 0 Å². The monoisotopic (exact) mass is 512 g/mol. The molecule has 3 aromatic rings. The number of rotatable bonds is 8. The third kappa shape index (κ3) is 6.44. The zero-order valence-corrected chi connectivity index (χ0v) is 20.1. The molecule has 0 radical (unpaired) electrons. The molecule has 1 aliphatic rings. The molecule has 194 valence electrons. The second kappa shape index (κ2) is 11.4. The molecule has 0 spiro atoms. The van der Waals surface area contributed by atoms with Crippen molar-refractivity contribution in [3.63, 3.8) is 0 Å². The van der Waals surface area contributed by atoms with E-state index in [0.717, 1.165) is 10.9 Å². The number of nitrogens with one attached hydrogen (secondary N) is 1. The average molecular weight is 513 g/mol. The van der Waals surface area contributed by atoms with E-state index in [2.05, 4.69) is 10.4 Å². The summed E-state index contributed by atoms with van der Waals surface area (Å²) in [7, 11) is 0. The second-order valence-corrected chi connectivity index (χ2v) is 8.93. The summed E-state index contributed by atoms with van der Waals surface area (Å²) < 4.78 is 41.5. The molecule has 2 aromatic carbocycles. The van der Waals surface area contributed by atoms with Gasteiger partial charge in [0.25, 0.3) is 11.8 Å². The van der Waals surface area contributed by atoms with E-state index in [9.17, 15) is 27.6 Å². The molecule has 1 saturated heterocycles. The maximum atomic E-state index is 13.5. The summed E-state index contributed by atoms with van der Waals surface area (Å²) in [6, 6.07) is 17.2. The molecule has 7 nitrogen and oxygen atoms in total. The van der Waals surface area contributed by atoms with Crippen LogP contribution in [-0.4, -0.2) is 51.9 Å². The first-order valence-corrected chi connectivity index (χ1v) is 12.1. The normalized spacial score (nSPS) is 14.4. The van der Waals surface area contributed by atoms with E-state index >= 15 is 0 Å². The zero-order chi connectivity index (χ0) is 26.4. The van der Waals surface area contributed by atoms with Gasteiger partial charge in [-0.05, 0) is 43.5 Å². The van der Waals surface area contributed by atoms with Crippen LogP contribution in [-0.2, 0) is 11.0 Å². The van der Waals surface area contributed by atoms with Crippen molar-refractivity contribution in [3.8, 4) is 5.69 Å². The largest absolute Gasteiger partial charge is 0.435 e. The lowest BCUT2D eigenvalue weighted by atomic mass is 9.90. The van der Waals surface area contributed by atoms with Gasteiger partial charge in [-0.15, -0.1) is 0 Å². The van der Waals surface area contributed by atoms with Gasteiger partial charge in [0.05, 0.1) is 11.3 Å². The topological polar surface area (TPSA) is 84.3 Å². The van der Waals surface area contributed by atoms with Crippen molar-refractivity contribution in [3.05, 3.63) is 83.7 Å². The Balaban J connectivity index is 1.26. The summed E-state index contributed by atoms with van der Waals surface area (Å²) in [6.07, 6.45) is -2.09. The molecule has 0 saturated carbocycles. The fourth-order valence-electron chi connectivity index (χ4n) is 4.39. The van der Waals surface area contributed by atoms with Gasteiger partial charge < -0.3 is 10.2 Å². The number of halogens is 3. The SMILES string of the molecule is O=C(NCCCC(=O)C1CCN(C(=O)c2ccccc2)CC1)c1cn(-c2ccccc2)nc1C(F)(F)F. The molecule has 2 amide bonds. The van der Waals surface area contributed by atoms with E-state index < -0.39 is 23.3 Å². The van der Waals surface area contributed by atoms with Gasteiger partial charge in [0.15, 0.2) is 5.69 Å². The first-order chi connectivity index (χ1) is 17.7. The van der Waals surface area contributed by atoms with Gasteiger partial charge in [0.1, 0.15) is 5.78 Å². The third-order valence-electron chi connectivity index (χ3n) is 6.39. The highest BCUT2D eigenvalue weighted by Crippen LogP contribution is 2.31. The van der Waals surface area contributed by atoms with Crippen molar-refractivity contribution in [2.45, 2.75) is 31.9 Å². The number of para-hydroxylation sites is 1. The van der Waals surface area contributed by atoms with Gasteiger partial charge in [-0.25, -0.2) is 4.68 Å². The fraction of sp³-hybridized carbons (Fsp3) is 0.333. The van der Waals surface area contributed by atoms with Crippen LogP contribution in [0, 0.1) is 5.92 Å². The number of aromatic nitrogens is 2. The van der Waals surface area contributed by atoms with Gasteiger partial charge in [-0.1, -0.05) is 36.4 Å². The van der Waals surface area contributed by atoms with Crippen LogP contribution in [0.4, 0.5) is 13.2 Å². The standard InChI is InChI=1S/C27H27F3N4O3/c28-27(29,30)24-22(18-34(32-24)21-10-5-2-6-11-21)25(36)31-15-7-12-23(35)19-13-16-33(17-14-19)26(37)20-8-3-1-4-9-20/h1-6,8-11,18-19H,7,12-17H2,(H,31,36). The number of amides is 2. The smallest absolute Gasteiger partial charge is 0.352 e. The summed E-state index contributed by atoms with van der Waals surface area (Å²) in [5.74, 6) is -1.08. The lowest BCUT2D eigenvalue weighted by Gasteiger charge is -2.31. The highest BCUT2D eigenvalue weighted by atomic mass is 19.4. The fourth-order valence-corrected chi connectivity index (χ4v) is 4.39. The van der Waals surface area contributed by atoms with Gasteiger partial charge in [-0.3, -0.25) is 14.4 Å². The van der Waals surface area contributed by atoms with E-state index in [1.165, 1.54) is 0 Å². The van der Waals surface area contributed by atoms with Crippen LogP contribution >= 0.6 is 0 Å². The van der Waals surface area contributed by atoms with E-state index in [4.69, 9.17) is 0 Å². The molecule has 1 aliphatic heterocycles. The molecule has 0 aliphatic carbocycles. The molecule has 1 aromatic heterocycles. The minimum atomic E-state index is -4.79. The Bertz CT molecular complexity index is 1230. The Kier molecular flexibility index (Phi) is 8.05. The minimum Gasteiger partial charge on any atom is -0.352 e. The number of hydrogen-bond acceptors (Lipinski definition) is 4. The zero-order valence-electron chi connectivity index (χ0n) is 20.1. The molecule has 10 heteroatoms. The van der Waals surface area contributed by atoms with Gasteiger partial charge in [0, 0.05) is 43.7 Å². The summed E-state index contributed by atoms with van der Waals surface area (Å²) in [5, 5.41) is 6.05. The molecular weight excluding hydrogens is 485 g/mol. The molecule has 1 N–H and O–H groups in total. The van der Waals surface area contributed by atoms with Gasteiger partial charge >= 0.3 is 6.18 Å². The number of ketones is 1. The van der Waals surface area contributed by atoms with Crippen molar-refractivity contribution in [1.82, 2.24) is 20.0 Å². The van der Waals surface area contributed by atoms with Crippen LogP contribution in [0.2, 0.25) is 0 Å². The highest BCUT2D eigenvalue weighted by molar-refractivity contribution is 5.95. The molecule has 2 heterocycles. The Hall–Kier alpha value is -3.95. The molecule has 37 heavy (non-hydrogen) atoms. The van der Waals surface area contributed by atoms with Crippen LogP contribution in [0.5, 0.6) is 0 Å². The molecule has 1 fully saturated rings. The Morgan fingerprint density at radius 2 is 1.57 bits per heavy atom. The molecule has 0 bridgehead atoms. The summed E-state index contributed by atoms with van der Waals surface area (Å²) in [5.41, 5.74) is -0.819. The van der Waals surface area contributed by atoms with Crippen molar-refractivity contribution < 1.29 is 27.6 Å². The number of alkyl halides is 3. The number of benzene rings is 2. The first-order valence-electron chi connectivity index (χ1n) is 12.1. The Morgan fingerprint density at radius 3 is 2.19 bits per heavy atom. The van der Waals surface area contributed by atoms with E-state index in [1.807, 2.05) is 18.2 Å². The molecular formula is C27H27F3N4O3. The average Bonchev–Trinajstić information content (AvgIpc) is 3.38. The number of hydrogen-bond donors (Lipinski definition) is 1. The van der Waals surface area contributed by atoms with Crippen LogP contribution in [0.1, 0.15) is 52.1 Å². The summed E-state index contributed by atoms with van der Waals surface area (Å²) in [6.45, 7) is 1.04. The maximum absolute atomic E-state index is 13.5. The predicted octanol–water partition coefficient (Wildman–Crippen LogP) is 4.52. The minimum absolute atomic E-state index is 0.0361. The molecule has 0 unspecified atom stereocenters. The predicted molar refractivity (Wildman–Crippen MR) is 130 cm³/mol. The Labute approximate surface area is 212 Å². The van der Waals surface area contributed by atoms with Crippen molar-refractivity contribution in [2.75, 3.05) is 19.6 Å². The number of likely N-dealkylation sites (tertiary alicyclic amines) is 1. The van der Waals surface area contributed by atoms with E-state index in [0.29, 0.717) is 43.6 Å². The van der Waals surface area contributed by atoms with Crippen molar-refractivity contribution in [1.29, 1.82) is 0 Å². The van der Waals surface area contributed by atoms with Crippen LogP contribution < -0.4 is 5.32 Å². The molecule has 4 rings (SSSR count). The second-order valence-electron chi connectivity index (χ2n) is 8.93. The number of piperidine rings is 1. The first kappa shape index (κ1) is 26.1. The highest BCUT2D eigenvalue weighted by Gasteiger charge is 2.39. The Morgan fingerprint density at radius 1 is 0.946 bits per heavy atom. The van der Waals surface area contributed by atoms with Crippen LogP contribution in [0.15, 0.2) is 66.9 Å². The van der Waals surface area contributed by atoms with Crippen LogP contribution in [0.25, 0.3) is 5.69 Å². The van der Waals surface area contributed by atoms with E-state index in [-0.39, 0.29) is 30.6 Å². The molecule has 0 atom stereocenters. The maximum Gasteiger partial charge on any atom is 0.435 e. The summed E-state index contributed by atoms with van der Waals surface area (Å²) in [4.78, 5) is 39.5. The number of carbonyl (C=O) groups excluding carboxylic acids is 3. The summed E-state index contributed by atoms with van der Waals surface area (Å²) >= 11 is 0. The number of Topliss-reactive ketones (excluding diaryl/α,β-unsaturated/α-hetero) is 1. The van der Waals surface area contributed by atoms with Crippen molar-refractivity contribution >= 4 is 17.6 Å². The lowest BCUT2D eigenvalue weighted by Crippen LogP contribution is -2.40. The van der Waals surface area contributed by atoms with Crippen molar-refractivity contribution in [2.24, 2.45) is 5.92 Å². The third-order valence-corrected chi connectivity index (χ3v) is 6.39. The van der Waals surface area contributed by atoms with E-state index in [1.54, 1.807) is 47.4 Å². The van der Waals surface area contributed by atoms with Gasteiger partial charge in [0.2, 0.25) is 0 Å². The number of nitrogens with zero attached hydrogens (tertiary/aromatic N) is 3. The quantitative estimate of drug-likeness (QED) is 0.450. The number of carbonyl (C=O) groups is 3. The van der Waals surface area contributed by atoms with Gasteiger partial charge in [-0.2, -0.15) is 18.3 Å². The lowest BCUT2D eigenvalue weighted by molar-refractivity contribution is -0.141.